The maximum Gasteiger partial charge on any atom is 0.309 e. The van der Waals surface area contributed by atoms with Gasteiger partial charge in [0.05, 0.1) is 13.0 Å². The van der Waals surface area contributed by atoms with Crippen molar-refractivity contribution in [2.75, 3.05) is 20.2 Å². The van der Waals surface area contributed by atoms with Gasteiger partial charge in [-0.2, -0.15) is 0 Å². The molecule has 1 aromatic rings. The van der Waals surface area contributed by atoms with E-state index >= 15 is 0 Å². The molecular formula is C15H23NO2. The maximum absolute atomic E-state index is 11.4. The van der Waals surface area contributed by atoms with Crippen LogP contribution in [0.3, 0.4) is 0 Å². The van der Waals surface area contributed by atoms with Crippen LogP contribution in [-0.2, 0) is 16.0 Å². The Kier molecular flexibility index (Phi) is 6.44. The molecule has 0 amide bonds. The van der Waals surface area contributed by atoms with Crippen LogP contribution >= 0.6 is 0 Å². The van der Waals surface area contributed by atoms with Gasteiger partial charge in [0.15, 0.2) is 0 Å². The van der Waals surface area contributed by atoms with Crippen molar-refractivity contribution in [3.05, 3.63) is 35.4 Å². The third kappa shape index (κ3) is 4.49. The fraction of sp³-hybridized carbons (Fsp3) is 0.533. The lowest BCUT2D eigenvalue weighted by Crippen LogP contribution is -2.30. The number of hydrogen-bond acceptors (Lipinski definition) is 3. The Morgan fingerprint density at radius 2 is 2.11 bits per heavy atom. The third-order valence-electron chi connectivity index (χ3n) is 3.25. The molecule has 18 heavy (non-hydrogen) atoms. The van der Waals surface area contributed by atoms with Crippen LogP contribution in [0.15, 0.2) is 24.3 Å². The second-order valence-electron chi connectivity index (χ2n) is 4.51. The molecule has 0 saturated carbocycles. The molecule has 0 heterocycles. The van der Waals surface area contributed by atoms with Gasteiger partial charge in [-0.25, -0.2) is 0 Å². The summed E-state index contributed by atoms with van der Waals surface area (Å²) in [5, 5.41) is 3.33. The first kappa shape index (κ1) is 14.7. The highest BCUT2D eigenvalue weighted by atomic mass is 16.5. The number of rotatable bonds is 7. The maximum atomic E-state index is 11.4. The molecule has 3 nitrogen and oxygen atoms in total. The molecule has 0 bridgehead atoms. The van der Waals surface area contributed by atoms with Crippen molar-refractivity contribution in [2.45, 2.75) is 26.7 Å². The van der Waals surface area contributed by atoms with Crippen LogP contribution in [0.25, 0.3) is 0 Å². The zero-order chi connectivity index (χ0) is 13.4. The molecule has 0 aliphatic carbocycles. The number of hydrogen-bond donors (Lipinski definition) is 1. The minimum Gasteiger partial charge on any atom is -0.469 e. The van der Waals surface area contributed by atoms with E-state index in [1.54, 1.807) is 0 Å². The van der Waals surface area contributed by atoms with Crippen LogP contribution in [0.4, 0.5) is 0 Å². The molecule has 1 unspecified atom stereocenters. The Hall–Kier alpha value is -1.35. The average molecular weight is 249 g/mol. The van der Waals surface area contributed by atoms with E-state index in [2.05, 4.69) is 36.5 Å². The number of nitrogens with one attached hydrogen (secondary N) is 1. The number of carbonyl (C=O) groups is 1. The van der Waals surface area contributed by atoms with Crippen molar-refractivity contribution in [2.24, 2.45) is 5.92 Å². The monoisotopic (exact) mass is 249 g/mol. The molecule has 0 radical (unpaired) electrons. The van der Waals surface area contributed by atoms with Crippen molar-refractivity contribution in [3.63, 3.8) is 0 Å². The number of carbonyl (C=O) groups excluding carboxylic acids is 1. The first-order chi connectivity index (χ1) is 8.69. The van der Waals surface area contributed by atoms with Gasteiger partial charge in [-0.1, -0.05) is 31.2 Å². The van der Waals surface area contributed by atoms with Crippen molar-refractivity contribution in [1.82, 2.24) is 5.32 Å². The minimum atomic E-state index is -0.124. The predicted molar refractivity (Wildman–Crippen MR) is 73.5 cm³/mol. The third-order valence-corrected chi connectivity index (χ3v) is 3.25. The first-order valence-electron chi connectivity index (χ1n) is 6.52. The quantitative estimate of drug-likeness (QED) is 0.595. The highest BCUT2D eigenvalue weighted by Gasteiger charge is 2.15. The molecule has 1 aromatic carbocycles. The molecule has 0 saturated heterocycles. The smallest absolute Gasteiger partial charge is 0.309 e. The molecule has 0 spiro atoms. The van der Waals surface area contributed by atoms with Crippen molar-refractivity contribution in [3.8, 4) is 0 Å². The van der Waals surface area contributed by atoms with Gasteiger partial charge in [0.25, 0.3) is 0 Å². The summed E-state index contributed by atoms with van der Waals surface area (Å²) in [5.41, 5.74) is 2.68. The Labute approximate surface area is 110 Å². The lowest BCUT2D eigenvalue weighted by atomic mass is 10.1. The molecule has 0 fully saturated rings. The highest BCUT2D eigenvalue weighted by molar-refractivity contribution is 5.72. The Bertz CT molecular complexity index is 377. The Morgan fingerprint density at radius 1 is 1.39 bits per heavy atom. The number of methoxy groups -OCH3 is 1. The molecular weight excluding hydrogens is 226 g/mol. The van der Waals surface area contributed by atoms with Gasteiger partial charge in [-0.15, -0.1) is 0 Å². The summed E-state index contributed by atoms with van der Waals surface area (Å²) in [6.45, 7) is 5.71. The van der Waals surface area contributed by atoms with Crippen LogP contribution in [-0.4, -0.2) is 26.2 Å². The summed E-state index contributed by atoms with van der Waals surface area (Å²) in [6, 6.07) is 8.38. The summed E-state index contributed by atoms with van der Waals surface area (Å²) >= 11 is 0. The molecule has 0 aromatic heterocycles. The fourth-order valence-corrected chi connectivity index (χ4v) is 1.95. The Balaban J connectivity index is 2.30. The molecule has 3 heteroatoms. The van der Waals surface area contributed by atoms with E-state index in [1.807, 2.05) is 6.92 Å². The van der Waals surface area contributed by atoms with Crippen LogP contribution in [0.1, 0.15) is 24.5 Å². The molecule has 1 rings (SSSR count). The van der Waals surface area contributed by atoms with Gasteiger partial charge in [-0.3, -0.25) is 4.79 Å². The summed E-state index contributed by atoms with van der Waals surface area (Å²) in [4.78, 5) is 11.4. The van der Waals surface area contributed by atoms with E-state index in [9.17, 15) is 4.79 Å². The van der Waals surface area contributed by atoms with Crippen LogP contribution in [0, 0.1) is 12.8 Å². The van der Waals surface area contributed by atoms with E-state index in [0.717, 1.165) is 19.4 Å². The summed E-state index contributed by atoms with van der Waals surface area (Å²) in [5.74, 6) is -0.159. The SMILES string of the molecule is CCC(CNCCc1ccccc1C)C(=O)OC. The molecule has 0 aliphatic heterocycles. The van der Waals surface area contributed by atoms with E-state index in [-0.39, 0.29) is 11.9 Å². The van der Waals surface area contributed by atoms with Crippen molar-refractivity contribution in [1.29, 1.82) is 0 Å². The van der Waals surface area contributed by atoms with Gasteiger partial charge < -0.3 is 10.1 Å². The normalized spacial score (nSPS) is 12.2. The minimum absolute atomic E-state index is 0.0353. The average Bonchev–Trinajstić information content (AvgIpc) is 2.40. The van der Waals surface area contributed by atoms with Crippen molar-refractivity contribution >= 4 is 5.97 Å². The van der Waals surface area contributed by atoms with Gasteiger partial charge >= 0.3 is 5.97 Å². The zero-order valence-corrected chi connectivity index (χ0v) is 11.5. The highest BCUT2D eigenvalue weighted by Crippen LogP contribution is 2.07. The molecule has 1 atom stereocenters. The predicted octanol–water partition coefficient (Wildman–Crippen LogP) is 2.33. The second-order valence-corrected chi connectivity index (χ2v) is 4.51. The van der Waals surface area contributed by atoms with Crippen molar-refractivity contribution < 1.29 is 9.53 Å². The summed E-state index contributed by atoms with van der Waals surface area (Å²) < 4.78 is 4.76. The van der Waals surface area contributed by atoms with Crippen LogP contribution < -0.4 is 5.32 Å². The zero-order valence-electron chi connectivity index (χ0n) is 11.5. The number of benzene rings is 1. The molecule has 100 valence electrons. The van der Waals surface area contributed by atoms with E-state index in [0.29, 0.717) is 6.54 Å². The van der Waals surface area contributed by atoms with Crippen LogP contribution in [0.5, 0.6) is 0 Å². The van der Waals surface area contributed by atoms with Gasteiger partial charge in [-0.05, 0) is 37.4 Å². The number of esters is 1. The molecule has 0 aliphatic rings. The topological polar surface area (TPSA) is 38.3 Å². The first-order valence-corrected chi connectivity index (χ1v) is 6.52. The number of ether oxygens (including phenoxy) is 1. The second kappa shape index (κ2) is 7.88. The standard InChI is InChI=1S/C15H23NO2/c1-4-13(15(17)18-3)11-16-10-9-14-8-6-5-7-12(14)2/h5-8,13,16H,4,9-11H2,1-3H3. The van der Waals surface area contributed by atoms with E-state index < -0.39 is 0 Å². The van der Waals surface area contributed by atoms with E-state index in [4.69, 9.17) is 4.74 Å². The Morgan fingerprint density at radius 3 is 2.72 bits per heavy atom. The van der Waals surface area contributed by atoms with Gasteiger partial charge in [0.1, 0.15) is 0 Å². The van der Waals surface area contributed by atoms with Gasteiger partial charge in [0.2, 0.25) is 0 Å². The number of aryl methyl sites for hydroxylation is 1. The summed E-state index contributed by atoms with van der Waals surface area (Å²) in [7, 11) is 1.44. The largest absolute Gasteiger partial charge is 0.469 e. The lowest BCUT2D eigenvalue weighted by Gasteiger charge is -2.13. The van der Waals surface area contributed by atoms with Crippen LogP contribution in [0.2, 0.25) is 0 Å². The summed E-state index contributed by atoms with van der Waals surface area (Å²) in [6.07, 6.45) is 1.80. The fourth-order valence-electron chi connectivity index (χ4n) is 1.95. The lowest BCUT2D eigenvalue weighted by molar-refractivity contribution is -0.145. The van der Waals surface area contributed by atoms with Gasteiger partial charge in [0, 0.05) is 6.54 Å². The molecule has 1 N–H and O–H groups in total. The van der Waals surface area contributed by atoms with E-state index in [1.165, 1.54) is 18.2 Å².